The Morgan fingerprint density at radius 1 is 0.545 bits per heavy atom. The summed E-state index contributed by atoms with van der Waals surface area (Å²) in [6, 6.07) is 13.7. The van der Waals surface area contributed by atoms with Crippen molar-refractivity contribution in [1.29, 1.82) is 0 Å². The second-order valence-electron chi connectivity index (χ2n) is 8.96. The molecule has 0 amide bonds. The molecule has 0 saturated heterocycles. The zero-order valence-electron chi connectivity index (χ0n) is 18.7. The van der Waals surface area contributed by atoms with E-state index in [0.29, 0.717) is 0 Å². The van der Waals surface area contributed by atoms with E-state index in [9.17, 15) is 16.8 Å². The summed E-state index contributed by atoms with van der Waals surface area (Å²) in [5, 5.41) is 0. The van der Waals surface area contributed by atoms with Crippen LogP contribution in [0.4, 0.5) is 0 Å². The van der Waals surface area contributed by atoms with Crippen molar-refractivity contribution in [2.45, 2.75) is 95.9 Å². The summed E-state index contributed by atoms with van der Waals surface area (Å²) in [6.07, 6.45) is 10.2. The van der Waals surface area contributed by atoms with Crippen LogP contribution >= 0.6 is 11.8 Å². The van der Waals surface area contributed by atoms with Crippen LogP contribution in [-0.2, 0) is 20.0 Å². The maximum atomic E-state index is 12.7. The molecule has 2 N–H and O–H groups in total. The highest BCUT2D eigenvalue weighted by Gasteiger charge is 2.23. The van der Waals surface area contributed by atoms with E-state index < -0.39 is 20.0 Å². The average molecular weight is 509 g/mol. The van der Waals surface area contributed by atoms with Crippen LogP contribution in [0, 0.1) is 0 Å². The fraction of sp³-hybridized carbons (Fsp3) is 0.500. The quantitative estimate of drug-likeness (QED) is 0.520. The molecule has 180 valence electrons. The second-order valence-corrected chi connectivity index (χ2v) is 13.5. The minimum absolute atomic E-state index is 0.0280. The van der Waals surface area contributed by atoms with Crippen LogP contribution in [0.5, 0.6) is 0 Å². The highest BCUT2D eigenvalue weighted by Crippen LogP contribution is 2.30. The molecule has 6 nitrogen and oxygen atoms in total. The first kappa shape index (κ1) is 24.7. The van der Waals surface area contributed by atoms with Crippen molar-refractivity contribution in [2.24, 2.45) is 0 Å². The summed E-state index contributed by atoms with van der Waals surface area (Å²) >= 11 is 1.47. The van der Waals surface area contributed by atoms with Gasteiger partial charge in [0.05, 0.1) is 9.79 Å². The van der Waals surface area contributed by atoms with Crippen molar-refractivity contribution in [2.75, 3.05) is 0 Å². The Labute approximate surface area is 202 Å². The summed E-state index contributed by atoms with van der Waals surface area (Å²) in [5.41, 5.74) is 0. The summed E-state index contributed by atoms with van der Waals surface area (Å²) in [7, 11) is -7.03. The maximum Gasteiger partial charge on any atom is 0.240 e. The van der Waals surface area contributed by atoms with Gasteiger partial charge in [-0.05, 0) is 74.2 Å². The van der Waals surface area contributed by atoms with Crippen LogP contribution in [0.1, 0.15) is 64.2 Å². The molecule has 0 bridgehead atoms. The number of hydrogen-bond donors (Lipinski definition) is 2. The molecule has 2 aliphatic carbocycles. The van der Waals surface area contributed by atoms with E-state index >= 15 is 0 Å². The summed E-state index contributed by atoms with van der Waals surface area (Å²) in [4.78, 5) is 2.32. The molecule has 2 saturated carbocycles. The first-order chi connectivity index (χ1) is 15.8. The van der Waals surface area contributed by atoms with E-state index in [1.54, 1.807) is 48.5 Å². The van der Waals surface area contributed by atoms with E-state index in [2.05, 4.69) is 9.44 Å². The lowest BCUT2D eigenvalue weighted by Crippen LogP contribution is -2.36. The number of sulfonamides is 2. The van der Waals surface area contributed by atoms with Crippen LogP contribution in [-0.4, -0.2) is 28.9 Å². The highest BCUT2D eigenvalue weighted by molar-refractivity contribution is 7.99. The van der Waals surface area contributed by atoms with Gasteiger partial charge in [0, 0.05) is 21.9 Å². The molecular formula is C24H32N2O4S3. The first-order valence-corrected chi connectivity index (χ1v) is 15.5. The van der Waals surface area contributed by atoms with Crippen LogP contribution in [0.3, 0.4) is 0 Å². The monoisotopic (exact) mass is 508 g/mol. The third-order valence-corrected chi connectivity index (χ3v) is 10.4. The number of rotatable bonds is 8. The number of hydrogen-bond acceptors (Lipinski definition) is 5. The largest absolute Gasteiger partial charge is 0.240 e. The summed E-state index contributed by atoms with van der Waals surface area (Å²) in [5.74, 6) is 0. The van der Waals surface area contributed by atoms with Crippen molar-refractivity contribution >= 4 is 31.8 Å². The maximum absolute atomic E-state index is 12.7. The SMILES string of the molecule is O=S(=O)(NC1CCCCC1)c1ccc(Sc2ccc(S(=O)(=O)NC3CCCCC3)cc2)cc1. The number of benzene rings is 2. The molecule has 33 heavy (non-hydrogen) atoms. The highest BCUT2D eigenvalue weighted by atomic mass is 32.2. The van der Waals surface area contributed by atoms with Crippen molar-refractivity contribution in [3.05, 3.63) is 48.5 Å². The summed E-state index contributed by atoms with van der Waals surface area (Å²) in [6.45, 7) is 0. The number of nitrogens with one attached hydrogen (secondary N) is 2. The summed E-state index contributed by atoms with van der Waals surface area (Å²) < 4.78 is 56.3. The van der Waals surface area contributed by atoms with E-state index in [4.69, 9.17) is 0 Å². The van der Waals surface area contributed by atoms with Crippen LogP contribution < -0.4 is 9.44 Å². The van der Waals surface area contributed by atoms with Crippen molar-refractivity contribution in [3.63, 3.8) is 0 Å². The molecular weight excluding hydrogens is 476 g/mol. The fourth-order valence-corrected chi connectivity index (χ4v) is 7.95. The van der Waals surface area contributed by atoms with Crippen molar-refractivity contribution < 1.29 is 16.8 Å². The average Bonchev–Trinajstić information content (AvgIpc) is 2.81. The molecule has 4 rings (SSSR count). The van der Waals surface area contributed by atoms with Crippen LogP contribution in [0.2, 0.25) is 0 Å². The van der Waals surface area contributed by atoms with Gasteiger partial charge in [-0.3, -0.25) is 0 Å². The third-order valence-electron chi connectivity index (χ3n) is 6.36. The predicted octanol–water partition coefficient (Wildman–Crippen LogP) is 5.06. The van der Waals surface area contributed by atoms with Gasteiger partial charge in [-0.1, -0.05) is 50.3 Å². The molecule has 2 aromatic carbocycles. The van der Waals surface area contributed by atoms with Gasteiger partial charge in [0.15, 0.2) is 0 Å². The van der Waals surface area contributed by atoms with Gasteiger partial charge in [-0.25, -0.2) is 26.3 Å². The van der Waals surface area contributed by atoms with E-state index in [1.165, 1.54) is 24.6 Å². The lowest BCUT2D eigenvalue weighted by atomic mass is 9.96. The van der Waals surface area contributed by atoms with Crippen LogP contribution in [0.15, 0.2) is 68.1 Å². The molecule has 2 fully saturated rings. The Hall–Kier alpha value is -1.39. The Morgan fingerprint density at radius 3 is 1.21 bits per heavy atom. The van der Waals surface area contributed by atoms with Gasteiger partial charge in [-0.2, -0.15) is 0 Å². The normalized spacial score (nSPS) is 18.9. The van der Waals surface area contributed by atoms with E-state index in [1.807, 2.05) is 0 Å². The minimum atomic E-state index is -3.52. The molecule has 9 heteroatoms. The van der Waals surface area contributed by atoms with Crippen molar-refractivity contribution in [3.8, 4) is 0 Å². The zero-order chi connectivity index (χ0) is 23.3. The standard InChI is InChI=1S/C24H32N2O4S3/c27-32(28,25-19-7-3-1-4-8-19)23-15-11-21(12-16-23)31-22-13-17-24(18-14-22)33(29,30)26-20-9-5-2-6-10-20/h11-20,25-26H,1-10H2. The third kappa shape index (κ3) is 6.82. The van der Waals surface area contributed by atoms with Gasteiger partial charge in [0.25, 0.3) is 0 Å². The zero-order valence-corrected chi connectivity index (χ0v) is 21.2. The smallest absolute Gasteiger partial charge is 0.208 e. The first-order valence-electron chi connectivity index (χ1n) is 11.7. The van der Waals surface area contributed by atoms with Crippen molar-refractivity contribution in [1.82, 2.24) is 9.44 Å². The lowest BCUT2D eigenvalue weighted by Gasteiger charge is -2.22. The molecule has 0 spiro atoms. The Morgan fingerprint density at radius 2 is 0.879 bits per heavy atom. The van der Waals surface area contributed by atoms with Gasteiger partial charge in [0.2, 0.25) is 20.0 Å². The Kier molecular flexibility index (Phi) is 8.17. The van der Waals surface area contributed by atoms with Gasteiger partial charge in [0.1, 0.15) is 0 Å². The molecule has 0 unspecified atom stereocenters. The lowest BCUT2D eigenvalue weighted by molar-refractivity contribution is 0.412. The Bertz CT molecular complexity index is 1030. The Balaban J connectivity index is 1.37. The topological polar surface area (TPSA) is 92.3 Å². The molecule has 0 radical (unpaired) electrons. The molecule has 2 aromatic rings. The van der Waals surface area contributed by atoms with Gasteiger partial charge >= 0.3 is 0 Å². The predicted molar refractivity (Wildman–Crippen MR) is 131 cm³/mol. The van der Waals surface area contributed by atoms with Gasteiger partial charge < -0.3 is 0 Å². The fourth-order valence-electron chi connectivity index (χ4n) is 4.53. The van der Waals surface area contributed by atoms with E-state index in [0.717, 1.165) is 61.2 Å². The minimum Gasteiger partial charge on any atom is -0.208 e. The second kappa shape index (κ2) is 10.9. The van der Waals surface area contributed by atoms with E-state index in [-0.39, 0.29) is 21.9 Å². The molecule has 2 aliphatic rings. The molecule has 0 heterocycles. The molecule has 0 atom stereocenters. The van der Waals surface area contributed by atoms with Crippen LogP contribution in [0.25, 0.3) is 0 Å². The van der Waals surface area contributed by atoms with Gasteiger partial charge in [-0.15, -0.1) is 0 Å². The molecule has 0 aromatic heterocycles. The molecule has 0 aliphatic heterocycles.